The fraction of sp³-hybridized carbons (Fsp3) is 0.294. The second-order valence-corrected chi connectivity index (χ2v) is 7.94. The van der Waals surface area contributed by atoms with Crippen LogP contribution in [0.15, 0.2) is 47.4 Å². The van der Waals surface area contributed by atoms with Gasteiger partial charge in [0.25, 0.3) is 0 Å². The number of halogens is 5. The lowest BCUT2D eigenvalue weighted by Gasteiger charge is -2.35. The van der Waals surface area contributed by atoms with Crippen molar-refractivity contribution in [3.8, 4) is 0 Å². The monoisotopic (exact) mass is 406 g/mol. The summed E-state index contributed by atoms with van der Waals surface area (Å²) < 4.78 is 91.3. The van der Waals surface area contributed by atoms with Crippen molar-refractivity contribution in [2.75, 3.05) is 31.1 Å². The van der Waals surface area contributed by atoms with Gasteiger partial charge in [0.1, 0.15) is 11.6 Å². The molecule has 0 atom stereocenters. The third kappa shape index (κ3) is 4.06. The lowest BCUT2D eigenvalue weighted by Crippen LogP contribution is -2.48. The third-order valence-electron chi connectivity index (χ3n) is 4.31. The number of nitrogens with zero attached hydrogens (tertiary/aromatic N) is 2. The van der Waals surface area contributed by atoms with Crippen LogP contribution in [0.25, 0.3) is 0 Å². The first kappa shape index (κ1) is 19.6. The Kier molecular flexibility index (Phi) is 5.13. The summed E-state index contributed by atoms with van der Waals surface area (Å²) in [7, 11) is -4.19. The molecule has 0 aromatic heterocycles. The number of sulfonamides is 1. The van der Waals surface area contributed by atoms with Crippen molar-refractivity contribution < 1.29 is 30.4 Å². The highest BCUT2D eigenvalue weighted by Crippen LogP contribution is 2.33. The van der Waals surface area contributed by atoms with Crippen molar-refractivity contribution in [3.63, 3.8) is 0 Å². The molecule has 27 heavy (non-hydrogen) atoms. The van der Waals surface area contributed by atoms with E-state index in [-0.39, 0.29) is 26.2 Å². The smallest absolute Gasteiger partial charge is 0.369 e. The standard InChI is InChI=1S/C17H15F5N2O2S/c18-12-1-3-13(4-2-12)23-7-9-24(10-8-23)27(25,26)14-5-6-16(19)15(11-14)17(20,21)22/h1-6,11H,7-10H2. The number of anilines is 1. The number of alkyl halides is 3. The van der Waals surface area contributed by atoms with Gasteiger partial charge in [0.05, 0.1) is 10.5 Å². The highest BCUT2D eigenvalue weighted by molar-refractivity contribution is 7.89. The SMILES string of the molecule is O=S(=O)(c1ccc(F)c(C(F)(F)F)c1)N1CCN(c2ccc(F)cc2)CC1. The van der Waals surface area contributed by atoms with Crippen molar-refractivity contribution >= 4 is 15.7 Å². The maximum Gasteiger partial charge on any atom is 0.419 e. The van der Waals surface area contributed by atoms with E-state index < -0.39 is 38.3 Å². The Morgan fingerprint density at radius 3 is 2.00 bits per heavy atom. The van der Waals surface area contributed by atoms with E-state index in [9.17, 15) is 30.4 Å². The molecule has 0 N–H and O–H groups in total. The molecule has 0 radical (unpaired) electrons. The Hall–Kier alpha value is -2.20. The van der Waals surface area contributed by atoms with Gasteiger partial charge in [0.2, 0.25) is 10.0 Å². The summed E-state index contributed by atoms with van der Waals surface area (Å²) in [6.45, 7) is 0.660. The number of hydrogen-bond acceptors (Lipinski definition) is 3. The maximum atomic E-state index is 13.4. The van der Waals surface area contributed by atoms with Crippen LogP contribution in [0.1, 0.15) is 5.56 Å². The summed E-state index contributed by atoms with van der Waals surface area (Å²) in [6, 6.07) is 7.35. The number of rotatable bonds is 3. The van der Waals surface area contributed by atoms with Crippen molar-refractivity contribution in [2.45, 2.75) is 11.1 Å². The highest BCUT2D eigenvalue weighted by atomic mass is 32.2. The van der Waals surface area contributed by atoms with Crippen LogP contribution in [0, 0.1) is 11.6 Å². The van der Waals surface area contributed by atoms with E-state index in [4.69, 9.17) is 0 Å². The molecule has 1 heterocycles. The summed E-state index contributed by atoms with van der Waals surface area (Å²) in [4.78, 5) is 1.24. The van der Waals surface area contributed by atoms with Crippen LogP contribution in [-0.4, -0.2) is 38.9 Å². The number of benzene rings is 2. The summed E-state index contributed by atoms with van der Waals surface area (Å²) >= 11 is 0. The van der Waals surface area contributed by atoms with Crippen LogP contribution in [0.3, 0.4) is 0 Å². The second kappa shape index (κ2) is 7.08. The number of hydrogen-bond donors (Lipinski definition) is 0. The average Bonchev–Trinajstić information content (AvgIpc) is 2.62. The molecule has 0 amide bonds. The molecule has 0 bridgehead atoms. The first-order valence-corrected chi connectivity index (χ1v) is 9.40. The highest BCUT2D eigenvalue weighted by Gasteiger charge is 2.36. The molecule has 0 aliphatic carbocycles. The Balaban J connectivity index is 1.78. The van der Waals surface area contributed by atoms with Gasteiger partial charge in [-0.25, -0.2) is 17.2 Å². The van der Waals surface area contributed by atoms with Crippen molar-refractivity contribution in [1.29, 1.82) is 0 Å². The van der Waals surface area contributed by atoms with Gasteiger partial charge in [0.15, 0.2) is 0 Å². The van der Waals surface area contributed by atoms with E-state index in [0.717, 1.165) is 16.1 Å². The largest absolute Gasteiger partial charge is 0.419 e. The minimum absolute atomic E-state index is 0.0401. The molecule has 0 unspecified atom stereocenters. The zero-order chi connectivity index (χ0) is 19.8. The Labute approximate surface area is 152 Å². The first-order chi connectivity index (χ1) is 12.6. The minimum Gasteiger partial charge on any atom is -0.369 e. The molecule has 2 aromatic carbocycles. The fourth-order valence-electron chi connectivity index (χ4n) is 2.87. The lowest BCUT2D eigenvalue weighted by molar-refractivity contribution is -0.140. The molecule has 0 spiro atoms. The Bertz CT molecular complexity index is 921. The summed E-state index contributed by atoms with van der Waals surface area (Å²) in [6.07, 6.45) is -4.99. The predicted octanol–water partition coefficient (Wildman–Crippen LogP) is 3.49. The van der Waals surface area contributed by atoms with Crippen LogP contribution in [-0.2, 0) is 16.2 Å². The Morgan fingerprint density at radius 2 is 1.44 bits per heavy atom. The zero-order valence-electron chi connectivity index (χ0n) is 13.9. The fourth-order valence-corrected chi connectivity index (χ4v) is 4.32. The van der Waals surface area contributed by atoms with Gasteiger partial charge < -0.3 is 4.90 Å². The first-order valence-electron chi connectivity index (χ1n) is 7.96. The Morgan fingerprint density at radius 1 is 0.852 bits per heavy atom. The van der Waals surface area contributed by atoms with E-state index in [1.807, 2.05) is 4.90 Å². The van der Waals surface area contributed by atoms with Gasteiger partial charge in [-0.1, -0.05) is 0 Å². The second-order valence-electron chi connectivity index (χ2n) is 6.01. The molecule has 4 nitrogen and oxygen atoms in total. The average molecular weight is 406 g/mol. The molecule has 1 saturated heterocycles. The summed E-state index contributed by atoms with van der Waals surface area (Å²) in [5.74, 6) is -1.92. The lowest BCUT2D eigenvalue weighted by atomic mass is 10.2. The van der Waals surface area contributed by atoms with Gasteiger partial charge >= 0.3 is 6.18 Å². The van der Waals surface area contributed by atoms with Gasteiger partial charge in [-0.15, -0.1) is 0 Å². The van der Waals surface area contributed by atoms with Crippen molar-refractivity contribution in [2.24, 2.45) is 0 Å². The van der Waals surface area contributed by atoms with E-state index in [2.05, 4.69) is 0 Å². The van der Waals surface area contributed by atoms with E-state index in [1.165, 1.54) is 12.1 Å². The summed E-state index contributed by atoms with van der Waals surface area (Å²) in [5.41, 5.74) is -0.900. The molecular formula is C17H15F5N2O2S. The normalized spacial score (nSPS) is 16.6. The third-order valence-corrected chi connectivity index (χ3v) is 6.21. The molecule has 10 heteroatoms. The van der Waals surface area contributed by atoms with E-state index in [0.29, 0.717) is 12.1 Å². The number of piperazine rings is 1. The van der Waals surface area contributed by atoms with Crippen LogP contribution >= 0.6 is 0 Å². The minimum atomic E-state index is -4.99. The molecule has 1 fully saturated rings. The van der Waals surface area contributed by atoms with Gasteiger partial charge in [0, 0.05) is 31.9 Å². The van der Waals surface area contributed by atoms with Crippen molar-refractivity contribution in [3.05, 3.63) is 59.7 Å². The molecule has 1 aliphatic rings. The van der Waals surface area contributed by atoms with E-state index >= 15 is 0 Å². The molecular weight excluding hydrogens is 391 g/mol. The van der Waals surface area contributed by atoms with Gasteiger partial charge in [-0.05, 0) is 42.5 Å². The van der Waals surface area contributed by atoms with Crippen LogP contribution < -0.4 is 4.90 Å². The predicted molar refractivity (Wildman–Crippen MR) is 88.8 cm³/mol. The van der Waals surface area contributed by atoms with Crippen molar-refractivity contribution in [1.82, 2.24) is 4.31 Å². The topological polar surface area (TPSA) is 40.6 Å². The molecule has 3 rings (SSSR count). The van der Waals surface area contributed by atoms with Gasteiger partial charge in [-0.2, -0.15) is 17.5 Å². The van der Waals surface area contributed by atoms with Crippen LogP contribution in [0.5, 0.6) is 0 Å². The van der Waals surface area contributed by atoms with E-state index in [1.54, 1.807) is 12.1 Å². The molecule has 1 aliphatic heterocycles. The molecule has 0 saturated carbocycles. The van der Waals surface area contributed by atoms with Gasteiger partial charge in [-0.3, -0.25) is 0 Å². The quantitative estimate of drug-likeness (QED) is 0.733. The van der Waals surface area contributed by atoms with Crippen LogP contribution in [0.4, 0.5) is 27.6 Å². The maximum absolute atomic E-state index is 13.4. The molecule has 146 valence electrons. The zero-order valence-corrected chi connectivity index (χ0v) is 14.7. The molecule has 2 aromatic rings. The van der Waals surface area contributed by atoms with Crippen LogP contribution in [0.2, 0.25) is 0 Å². The summed E-state index contributed by atoms with van der Waals surface area (Å²) in [5, 5.41) is 0.